The molecule has 0 saturated heterocycles. The summed E-state index contributed by atoms with van der Waals surface area (Å²) in [5, 5.41) is 10.3. The average molecular weight is 572 g/mol. The van der Waals surface area contributed by atoms with E-state index in [1.54, 1.807) is 6.92 Å². The van der Waals surface area contributed by atoms with Gasteiger partial charge in [-0.05, 0) is 38.7 Å². The zero-order valence-electron chi connectivity index (χ0n) is 22.1. The molecule has 214 valence electrons. The molecule has 2 aliphatic rings. The van der Waals surface area contributed by atoms with E-state index in [4.69, 9.17) is 9.47 Å². The third-order valence-corrected chi connectivity index (χ3v) is 6.83. The van der Waals surface area contributed by atoms with Crippen molar-refractivity contribution in [3.63, 3.8) is 0 Å². The van der Waals surface area contributed by atoms with E-state index in [-0.39, 0.29) is 53.4 Å². The maximum atomic E-state index is 15.2. The van der Waals surface area contributed by atoms with Gasteiger partial charge in [0.05, 0.1) is 24.6 Å². The first-order chi connectivity index (χ1) is 19.6. The highest BCUT2D eigenvalue weighted by Crippen LogP contribution is 2.45. The lowest BCUT2D eigenvalue weighted by Gasteiger charge is -2.14. The second-order valence-corrected chi connectivity index (χ2v) is 10.1. The smallest absolute Gasteiger partial charge is 0.434 e. The summed E-state index contributed by atoms with van der Waals surface area (Å²) in [6.07, 6.45) is 1.31. The molecule has 0 aliphatic heterocycles. The number of nitrogens with zero attached hydrogens (tertiary/aromatic N) is 7. The number of aliphatic hydroxyl groups is 1. The van der Waals surface area contributed by atoms with E-state index in [0.29, 0.717) is 24.0 Å². The number of imidazole rings is 1. The molecular weight excluding hydrogens is 546 g/mol. The van der Waals surface area contributed by atoms with E-state index >= 15 is 4.39 Å². The molecule has 41 heavy (non-hydrogen) atoms. The molecule has 2 fully saturated rings. The maximum Gasteiger partial charge on any atom is 0.434 e. The highest BCUT2D eigenvalue weighted by Gasteiger charge is 2.38. The van der Waals surface area contributed by atoms with Gasteiger partial charge in [0, 0.05) is 36.0 Å². The molecular formula is C27H25F4N7O3. The number of alkyl halides is 3. The third-order valence-electron chi connectivity index (χ3n) is 6.83. The number of aromatic nitrogens is 7. The predicted octanol–water partition coefficient (Wildman–Crippen LogP) is 5.20. The molecule has 0 aromatic carbocycles. The number of aliphatic hydroxyl groups excluding tert-OH is 1. The van der Waals surface area contributed by atoms with Crippen LogP contribution in [0.1, 0.15) is 73.3 Å². The minimum atomic E-state index is -4.66. The predicted molar refractivity (Wildman–Crippen MR) is 135 cm³/mol. The van der Waals surface area contributed by atoms with Crippen molar-refractivity contribution in [2.24, 2.45) is 0 Å². The Hall–Kier alpha value is -4.20. The first-order valence-electron chi connectivity index (χ1n) is 13.0. The fourth-order valence-corrected chi connectivity index (χ4v) is 4.47. The molecule has 2 aliphatic carbocycles. The Morgan fingerprint density at radius 3 is 2.49 bits per heavy atom. The first-order valence-corrected chi connectivity index (χ1v) is 13.0. The molecule has 0 amide bonds. The second kappa shape index (κ2) is 10.3. The first kappa shape index (κ1) is 27.0. The average Bonchev–Trinajstić information content (AvgIpc) is 3.89. The van der Waals surface area contributed by atoms with Gasteiger partial charge in [-0.2, -0.15) is 18.2 Å². The van der Waals surface area contributed by atoms with Crippen molar-refractivity contribution in [1.29, 1.82) is 0 Å². The Bertz CT molecular complexity index is 1600. The van der Waals surface area contributed by atoms with E-state index in [9.17, 15) is 18.3 Å². The lowest BCUT2D eigenvalue weighted by molar-refractivity contribution is -0.140. The molecule has 14 heteroatoms. The summed E-state index contributed by atoms with van der Waals surface area (Å²) in [7, 11) is 1.48. The van der Waals surface area contributed by atoms with Gasteiger partial charge in [0.1, 0.15) is 24.2 Å². The summed E-state index contributed by atoms with van der Waals surface area (Å²) < 4.78 is 67.6. The van der Waals surface area contributed by atoms with Gasteiger partial charge in [0.25, 0.3) is 0 Å². The molecule has 0 spiro atoms. The Labute approximate surface area is 231 Å². The van der Waals surface area contributed by atoms with Crippen LogP contribution in [-0.2, 0) is 12.8 Å². The van der Waals surface area contributed by atoms with Crippen LogP contribution in [0, 0.1) is 5.82 Å². The second-order valence-electron chi connectivity index (χ2n) is 10.1. The molecule has 1 atom stereocenters. The van der Waals surface area contributed by atoms with Gasteiger partial charge in [-0.3, -0.25) is 0 Å². The number of ether oxygens (including phenoxy) is 2. The van der Waals surface area contributed by atoms with Gasteiger partial charge in [-0.25, -0.2) is 29.3 Å². The summed E-state index contributed by atoms with van der Waals surface area (Å²) >= 11 is 0. The number of hydrogen-bond acceptors (Lipinski definition) is 9. The lowest BCUT2D eigenvalue weighted by Crippen LogP contribution is -2.08. The van der Waals surface area contributed by atoms with Gasteiger partial charge < -0.3 is 19.1 Å². The van der Waals surface area contributed by atoms with Gasteiger partial charge in [0.15, 0.2) is 23.2 Å². The van der Waals surface area contributed by atoms with Crippen LogP contribution in [0.2, 0.25) is 0 Å². The summed E-state index contributed by atoms with van der Waals surface area (Å²) in [5.41, 5.74) is 0.471. The summed E-state index contributed by atoms with van der Waals surface area (Å²) in [6, 6.07) is 2.44. The van der Waals surface area contributed by atoms with Crippen molar-refractivity contribution >= 4 is 0 Å². The minimum absolute atomic E-state index is 0.0992. The molecule has 1 N–H and O–H groups in total. The molecule has 4 aromatic heterocycles. The topological polar surface area (TPSA) is 121 Å². The Morgan fingerprint density at radius 1 is 1.07 bits per heavy atom. The van der Waals surface area contributed by atoms with E-state index in [0.717, 1.165) is 30.8 Å². The lowest BCUT2D eigenvalue weighted by atomic mass is 10.1. The molecule has 2 saturated carbocycles. The largest absolute Gasteiger partial charge is 0.480 e. The van der Waals surface area contributed by atoms with E-state index in [1.807, 2.05) is 0 Å². The van der Waals surface area contributed by atoms with Crippen LogP contribution in [-0.4, -0.2) is 46.7 Å². The van der Waals surface area contributed by atoms with Gasteiger partial charge in [0.2, 0.25) is 11.8 Å². The van der Waals surface area contributed by atoms with Crippen LogP contribution in [0.5, 0.6) is 11.8 Å². The molecule has 10 nitrogen and oxygen atoms in total. The quantitative estimate of drug-likeness (QED) is 0.270. The highest BCUT2D eigenvalue weighted by molar-refractivity contribution is 5.66. The number of rotatable bonds is 9. The van der Waals surface area contributed by atoms with E-state index < -0.39 is 23.8 Å². The minimum Gasteiger partial charge on any atom is -0.480 e. The maximum absolute atomic E-state index is 15.2. The number of hydrogen-bond donors (Lipinski definition) is 1. The van der Waals surface area contributed by atoms with Crippen molar-refractivity contribution in [1.82, 2.24) is 34.5 Å². The highest BCUT2D eigenvalue weighted by atomic mass is 19.4. The summed E-state index contributed by atoms with van der Waals surface area (Å²) in [5.74, 6) is -0.180. The van der Waals surface area contributed by atoms with Crippen LogP contribution >= 0.6 is 0 Å². The van der Waals surface area contributed by atoms with Crippen molar-refractivity contribution in [3.05, 3.63) is 59.3 Å². The van der Waals surface area contributed by atoms with Crippen LogP contribution in [0.3, 0.4) is 0 Å². The molecule has 0 radical (unpaired) electrons. The zero-order valence-corrected chi connectivity index (χ0v) is 22.1. The van der Waals surface area contributed by atoms with Gasteiger partial charge >= 0.3 is 6.18 Å². The van der Waals surface area contributed by atoms with Gasteiger partial charge in [-0.15, -0.1) is 0 Å². The molecule has 4 heterocycles. The Kier molecular flexibility index (Phi) is 6.80. The summed E-state index contributed by atoms with van der Waals surface area (Å²) in [6.45, 7) is 1.38. The van der Waals surface area contributed by atoms with Crippen molar-refractivity contribution < 1.29 is 32.1 Å². The van der Waals surface area contributed by atoms with Crippen LogP contribution < -0.4 is 9.47 Å². The van der Waals surface area contributed by atoms with E-state index in [1.165, 1.54) is 30.3 Å². The van der Waals surface area contributed by atoms with Crippen molar-refractivity contribution in [2.75, 3.05) is 7.11 Å². The standard InChI is InChI=1S/C27H25F4N7O3/c1-13(39)18-8-20(37-24(35-18)21-22(15-3-4-15)33-12-34-26(21)40-2)41-11-14-7-17(28)23(32-9-14)25-36-19(27(29,30)31)10-38(25)16-5-6-16/h7-10,12-13,15-16,39H,3-6,11H2,1-2H3/t13-/m1/s1. The summed E-state index contributed by atoms with van der Waals surface area (Å²) in [4.78, 5) is 25.3. The van der Waals surface area contributed by atoms with Crippen LogP contribution in [0.4, 0.5) is 17.6 Å². The van der Waals surface area contributed by atoms with Crippen LogP contribution in [0.25, 0.3) is 22.9 Å². The molecule has 0 unspecified atom stereocenters. The fraction of sp³-hybridized carbons (Fsp3) is 0.407. The zero-order chi connectivity index (χ0) is 28.9. The number of pyridine rings is 1. The monoisotopic (exact) mass is 571 g/mol. The Balaban J connectivity index is 1.28. The van der Waals surface area contributed by atoms with E-state index in [2.05, 4.69) is 29.9 Å². The molecule has 6 rings (SSSR count). The Morgan fingerprint density at radius 2 is 1.85 bits per heavy atom. The third kappa shape index (κ3) is 5.56. The molecule has 4 aromatic rings. The van der Waals surface area contributed by atoms with Crippen molar-refractivity contribution in [3.8, 4) is 34.7 Å². The van der Waals surface area contributed by atoms with Gasteiger partial charge in [-0.1, -0.05) is 0 Å². The van der Waals surface area contributed by atoms with Crippen LogP contribution in [0.15, 0.2) is 30.9 Å². The normalized spacial score (nSPS) is 16.1. The number of methoxy groups -OCH3 is 1. The van der Waals surface area contributed by atoms with Crippen molar-refractivity contribution in [2.45, 2.75) is 63.5 Å². The fourth-order valence-electron chi connectivity index (χ4n) is 4.47. The number of halogens is 4. The SMILES string of the molecule is COc1ncnc(C2CC2)c1-c1nc(OCc2cnc(-c3nc(C(F)(F)F)cn3C3CC3)c(F)c2)cc([C@@H](C)O)n1. The molecule has 0 bridgehead atoms.